The number of sulfonamides is 1. The van der Waals surface area contributed by atoms with Gasteiger partial charge >= 0.3 is 0 Å². The van der Waals surface area contributed by atoms with Gasteiger partial charge in [-0.05, 0) is 40.6 Å². The van der Waals surface area contributed by atoms with Crippen molar-refractivity contribution in [3.05, 3.63) is 46.7 Å². The standard InChI is InChI=1S/C16H18N2O4S2/c19-16(10-13-4-9-23-12-13)17-14-2-1-3-15(11-14)24(20,21)18-5-7-22-8-6-18/h1-4,9,11-12H,5-8,10H2,(H,17,19). The number of anilines is 1. The molecule has 0 radical (unpaired) electrons. The van der Waals surface area contributed by atoms with Crippen LogP contribution in [0.4, 0.5) is 5.69 Å². The van der Waals surface area contributed by atoms with Crippen LogP contribution in [0.25, 0.3) is 0 Å². The van der Waals surface area contributed by atoms with Crippen molar-refractivity contribution in [2.24, 2.45) is 0 Å². The molecule has 1 amide bonds. The number of carbonyl (C=O) groups is 1. The number of benzene rings is 1. The average Bonchev–Trinajstić information content (AvgIpc) is 3.08. The van der Waals surface area contributed by atoms with Crippen LogP contribution in [0.1, 0.15) is 5.56 Å². The molecular formula is C16H18N2O4S2. The molecule has 0 atom stereocenters. The van der Waals surface area contributed by atoms with Gasteiger partial charge in [-0.15, -0.1) is 0 Å². The molecule has 6 nitrogen and oxygen atoms in total. The third-order valence-corrected chi connectivity index (χ3v) is 6.30. The maximum Gasteiger partial charge on any atom is 0.243 e. The Bertz CT molecular complexity index is 797. The fraction of sp³-hybridized carbons (Fsp3) is 0.312. The van der Waals surface area contributed by atoms with Crippen molar-refractivity contribution in [3.63, 3.8) is 0 Å². The molecule has 1 aromatic carbocycles. The monoisotopic (exact) mass is 366 g/mol. The quantitative estimate of drug-likeness (QED) is 0.878. The lowest BCUT2D eigenvalue weighted by atomic mass is 10.2. The smallest absolute Gasteiger partial charge is 0.243 e. The van der Waals surface area contributed by atoms with Gasteiger partial charge in [0.25, 0.3) is 0 Å². The van der Waals surface area contributed by atoms with Crippen LogP contribution in [0.2, 0.25) is 0 Å². The van der Waals surface area contributed by atoms with E-state index in [0.29, 0.717) is 32.0 Å². The van der Waals surface area contributed by atoms with Gasteiger partial charge in [0.05, 0.1) is 24.5 Å². The number of carbonyl (C=O) groups excluding carboxylic acids is 1. The minimum absolute atomic E-state index is 0.172. The van der Waals surface area contributed by atoms with Crippen molar-refractivity contribution in [1.29, 1.82) is 0 Å². The topological polar surface area (TPSA) is 75.7 Å². The molecule has 0 bridgehead atoms. The lowest BCUT2D eigenvalue weighted by molar-refractivity contribution is -0.115. The first kappa shape index (κ1) is 17.1. The van der Waals surface area contributed by atoms with Crippen LogP contribution >= 0.6 is 11.3 Å². The molecule has 2 aromatic rings. The first-order chi connectivity index (χ1) is 11.6. The average molecular weight is 366 g/mol. The molecule has 0 aliphatic carbocycles. The minimum Gasteiger partial charge on any atom is -0.379 e. The van der Waals surface area contributed by atoms with E-state index in [1.165, 1.54) is 21.7 Å². The van der Waals surface area contributed by atoms with E-state index >= 15 is 0 Å². The van der Waals surface area contributed by atoms with Crippen LogP contribution in [0.3, 0.4) is 0 Å². The molecule has 8 heteroatoms. The zero-order valence-corrected chi connectivity index (χ0v) is 14.6. The number of nitrogens with one attached hydrogen (secondary N) is 1. The fourth-order valence-corrected chi connectivity index (χ4v) is 4.58. The van der Waals surface area contributed by atoms with Crippen LogP contribution in [0.15, 0.2) is 46.0 Å². The summed E-state index contributed by atoms with van der Waals surface area (Å²) in [6, 6.07) is 8.25. The highest BCUT2D eigenvalue weighted by molar-refractivity contribution is 7.89. The third kappa shape index (κ3) is 4.02. The van der Waals surface area contributed by atoms with E-state index in [1.54, 1.807) is 18.2 Å². The minimum atomic E-state index is -3.57. The normalized spacial score (nSPS) is 16.0. The van der Waals surface area contributed by atoms with E-state index in [-0.39, 0.29) is 17.2 Å². The molecule has 0 unspecified atom stereocenters. The number of nitrogens with zero attached hydrogens (tertiary/aromatic N) is 1. The first-order valence-electron chi connectivity index (χ1n) is 7.54. The molecule has 0 spiro atoms. The maximum absolute atomic E-state index is 12.6. The SMILES string of the molecule is O=C(Cc1ccsc1)Nc1cccc(S(=O)(=O)N2CCOCC2)c1. The van der Waals surface area contributed by atoms with Crippen LogP contribution in [0, 0.1) is 0 Å². The summed E-state index contributed by atoms with van der Waals surface area (Å²) >= 11 is 1.53. The third-order valence-electron chi connectivity index (χ3n) is 3.67. The van der Waals surface area contributed by atoms with Gasteiger partial charge in [0.15, 0.2) is 0 Å². The molecule has 0 saturated carbocycles. The maximum atomic E-state index is 12.6. The Labute approximate surface area is 145 Å². The largest absolute Gasteiger partial charge is 0.379 e. The lowest BCUT2D eigenvalue weighted by Gasteiger charge is -2.26. The summed E-state index contributed by atoms with van der Waals surface area (Å²) in [5, 5.41) is 6.58. The molecule has 24 heavy (non-hydrogen) atoms. The Morgan fingerprint density at radius 1 is 1.25 bits per heavy atom. The Morgan fingerprint density at radius 2 is 2.04 bits per heavy atom. The van der Waals surface area contributed by atoms with Crippen LogP contribution < -0.4 is 5.32 Å². The van der Waals surface area contributed by atoms with Crippen molar-refractivity contribution in [2.75, 3.05) is 31.6 Å². The second-order valence-electron chi connectivity index (χ2n) is 5.40. The predicted molar refractivity (Wildman–Crippen MR) is 92.7 cm³/mol. The number of hydrogen-bond donors (Lipinski definition) is 1. The molecule has 1 saturated heterocycles. The van der Waals surface area contributed by atoms with Gasteiger partial charge in [0.1, 0.15) is 0 Å². The van der Waals surface area contributed by atoms with Crippen molar-refractivity contribution in [1.82, 2.24) is 4.31 Å². The van der Waals surface area contributed by atoms with Gasteiger partial charge in [-0.25, -0.2) is 8.42 Å². The van der Waals surface area contributed by atoms with Crippen molar-refractivity contribution in [2.45, 2.75) is 11.3 Å². The second kappa shape index (κ2) is 7.43. The van der Waals surface area contributed by atoms with E-state index in [1.807, 2.05) is 16.8 Å². The van der Waals surface area contributed by atoms with Gasteiger partial charge in [-0.3, -0.25) is 4.79 Å². The summed E-state index contributed by atoms with van der Waals surface area (Å²) in [6.07, 6.45) is 0.268. The molecule has 1 N–H and O–H groups in total. The predicted octanol–water partition coefficient (Wildman–Crippen LogP) is 1.95. The summed E-state index contributed by atoms with van der Waals surface area (Å²) in [7, 11) is -3.57. The number of amides is 1. The molecule has 1 aliphatic rings. The Kier molecular flexibility index (Phi) is 5.30. The van der Waals surface area contributed by atoms with Crippen LogP contribution in [-0.2, 0) is 26.0 Å². The highest BCUT2D eigenvalue weighted by Crippen LogP contribution is 2.21. The van der Waals surface area contributed by atoms with E-state index < -0.39 is 10.0 Å². The van der Waals surface area contributed by atoms with Crippen molar-refractivity contribution >= 4 is 33.0 Å². The highest BCUT2D eigenvalue weighted by atomic mass is 32.2. The van der Waals surface area contributed by atoms with E-state index in [9.17, 15) is 13.2 Å². The van der Waals surface area contributed by atoms with Crippen LogP contribution in [-0.4, -0.2) is 44.9 Å². The van der Waals surface area contributed by atoms with E-state index in [2.05, 4.69) is 5.32 Å². The van der Waals surface area contributed by atoms with Gasteiger partial charge in [-0.1, -0.05) is 6.07 Å². The van der Waals surface area contributed by atoms with E-state index in [4.69, 9.17) is 4.74 Å². The fourth-order valence-electron chi connectivity index (χ4n) is 2.45. The van der Waals surface area contributed by atoms with Crippen LogP contribution in [0.5, 0.6) is 0 Å². The summed E-state index contributed by atoms with van der Waals surface area (Å²) in [5.41, 5.74) is 1.42. The number of rotatable bonds is 5. The second-order valence-corrected chi connectivity index (χ2v) is 8.12. The van der Waals surface area contributed by atoms with Gasteiger partial charge in [0, 0.05) is 18.8 Å². The summed E-state index contributed by atoms with van der Waals surface area (Å²) in [5.74, 6) is -0.172. The molecule has 128 valence electrons. The Balaban J connectivity index is 1.72. The Morgan fingerprint density at radius 3 is 2.75 bits per heavy atom. The van der Waals surface area contributed by atoms with Gasteiger partial charge in [0.2, 0.25) is 15.9 Å². The zero-order chi connectivity index (χ0) is 17.0. The lowest BCUT2D eigenvalue weighted by Crippen LogP contribution is -2.40. The zero-order valence-electron chi connectivity index (χ0n) is 13.0. The highest BCUT2D eigenvalue weighted by Gasteiger charge is 2.26. The molecule has 1 aromatic heterocycles. The van der Waals surface area contributed by atoms with Gasteiger partial charge < -0.3 is 10.1 Å². The van der Waals surface area contributed by atoms with E-state index in [0.717, 1.165) is 5.56 Å². The summed E-state index contributed by atoms with van der Waals surface area (Å²) < 4.78 is 31.9. The number of thiophene rings is 1. The molecule has 2 heterocycles. The summed E-state index contributed by atoms with van der Waals surface area (Å²) in [6.45, 7) is 1.49. The molecule has 1 fully saturated rings. The van der Waals surface area contributed by atoms with Crippen molar-refractivity contribution < 1.29 is 17.9 Å². The molecule has 3 rings (SSSR count). The number of ether oxygens (including phenoxy) is 1. The van der Waals surface area contributed by atoms with Crippen molar-refractivity contribution in [3.8, 4) is 0 Å². The first-order valence-corrected chi connectivity index (χ1v) is 9.93. The molecule has 1 aliphatic heterocycles. The number of morpholine rings is 1. The van der Waals surface area contributed by atoms with Gasteiger partial charge in [-0.2, -0.15) is 15.6 Å². The number of hydrogen-bond acceptors (Lipinski definition) is 5. The Hall–Kier alpha value is -1.74. The summed E-state index contributed by atoms with van der Waals surface area (Å²) in [4.78, 5) is 12.2. The molecular weight excluding hydrogens is 348 g/mol.